The summed E-state index contributed by atoms with van der Waals surface area (Å²) in [5.41, 5.74) is 2.01. The fourth-order valence-corrected chi connectivity index (χ4v) is 3.31. The highest BCUT2D eigenvalue weighted by molar-refractivity contribution is 5.88. The number of hydrogen-bond acceptors (Lipinski definition) is 0. The highest BCUT2D eigenvalue weighted by atomic mass is 19.3. The van der Waals surface area contributed by atoms with Crippen LogP contribution in [-0.4, -0.2) is 0 Å². The standard InChI is InChI=1S/C22H21F3/c1-3-5-14-6-7-17-13-18(9-8-16(17)12-14)19-11-10-15(4-2)20(21(19)23)22(24)25/h6-13,22H,3-5H2,1-2H3. The summed E-state index contributed by atoms with van der Waals surface area (Å²) >= 11 is 0. The first-order chi connectivity index (χ1) is 12.0. The number of halogens is 3. The van der Waals surface area contributed by atoms with Crippen LogP contribution in [0.2, 0.25) is 0 Å². The first-order valence-electron chi connectivity index (χ1n) is 8.67. The van der Waals surface area contributed by atoms with Crippen molar-refractivity contribution in [3.63, 3.8) is 0 Å². The monoisotopic (exact) mass is 342 g/mol. The van der Waals surface area contributed by atoms with E-state index in [1.807, 2.05) is 18.2 Å². The van der Waals surface area contributed by atoms with Gasteiger partial charge in [0.2, 0.25) is 0 Å². The van der Waals surface area contributed by atoms with Gasteiger partial charge in [0.15, 0.2) is 0 Å². The molecule has 25 heavy (non-hydrogen) atoms. The quantitative estimate of drug-likeness (QED) is 0.464. The number of benzene rings is 3. The molecule has 0 amide bonds. The van der Waals surface area contributed by atoms with Gasteiger partial charge < -0.3 is 0 Å². The van der Waals surface area contributed by atoms with E-state index in [-0.39, 0.29) is 5.56 Å². The van der Waals surface area contributed by atoms with E-state index in [9.17, 15) is 13.2 Å². The molecule has 0 spiro atoms. The van der Waals surface area contributed by atoms with E-state index in [1.54, 1.807) is 25.1 Å². The van der Waals surface area contributed by atoms with Gasteiger partial charge in [-0.15, -0.1) is 0 Å². The smallest absolute Gasteiger partial charge is 0.206 e. The van der Waals surface area contributed by atoms with E-state index in [4.69, 9.17) is 0 Å². The van der Waals surface area contributed by atoms with Crippen LogP contribution in [0.4, 0.5) is 13.2 Å². The molecule has 0 aliphatic carbocycles. The number of fused-ring (bicyclic) bond motifs is 1. The molecule has 0 bridgehead atoms. The third kappa shape index (κ3) is 3.41. The molecule has 0 aromatic heterocycles. The van der Waals surface area contributed by atoms with Gasteiger partial charge in [-0.2, -0.15) is 0 Å². The van der Waals surface area contributed by atoms with Crippen LogP contribution in [-0.2, 0) is 12.8 Å². The molecule has 0 saturated carbocycles. The Balaban J connectivity index is 2.10. The Hall–Kier alpha value is -2.29. The molecule has 0 aliphatic heterocycles. The number of aryl methyl sites for hydroxylation is 2. The Labute approximate surface area is 146 Å². The lowest BCUT2D eigenvalue weighted by molar-refractivity contribution is 0.145. The third-order valence-electron chi connectivity index (χ3n) is 4.62. The van der Waals surface area contributed by atoms with Crippen LogP contribution >= 0.6 is 0 Å². The van der Waals surface area contributed by atoms with Gasteiger partial charge in [0, 0.05) is 5.56 Å². The molecule has 0 aliphatic rings. The van der Waals surface area contributed by atoms with E-state index in [2.05, 4.69) is 19.1 Å². The van der Waals surface area contributed by atoms with Crippen LogP contribution in [0.3, 0.4) is 0 Å². The Morgan fingerprint density at radius 2 is 1.60 bits per heavy atom. The average molecular weight is 342 g/mol. The van der Waals surface area contributed by atoms with Crippen molar-refractivity contribution in [3.05, 3.63) is 71.0 Å². The molecular formula is C22H21F3. The summed E-state index contributed by atoms with van der Waals surface area (Å²) in [6.45, 7) is 3.89. The van der Waals surface area contributed by atoms with Crippen LogP contribution in [0.25, 0.3) is 21.9 Å². The highest BCUT2D eigenvalue weighted by Gasteiger charge is 2.21. The molecule has 3 rings (SSSR count). The van der Waals surface area contributed by atoms with E-state index in [1.165, 1.54) is 5.56 Å². The van der Waals surface area contributed by atoms with E-state index in [0.29, 0.717) is 17.5 Å². The summed E-state index contributed by atoms with van der Waals surface area (Å²) in [6, 6.07) is 15.0. The predicted molar refractivity (Wildman–Crippen MR) is 97.7 cm³/mol. The van der Waals surface area contributed by atoms with Crippen molar-refractivity contribution in [2.75, 3.05) is 0 Å². The van der Waals surface area contributed by atoms with Crippen molar-refractivity contribution in [2.45, 2.75) is 39.5 Å². The van der Waals surface area contributed by atoms with E-state index in [0.717, 1.165) is 23.6 Å². The third-order valence-corrected chi connectivity index (χ3v) is 4.62. The lowest BCUT2D eigenvalue weighted by atomic mass is 9.95. The Bertz CT molecular complexity index is 897. The van der Waals surface area contributed by atoms with Gasteiger partial charge in [-0.25, -0.2) is 13.2 Å². The van der Waals surface area contributed by atoms with Gasteiger partial charge in [0.05, 0.1) is 5.56 Å². The zero-order valence-corrected chi connectivity index (χ0v) is 14.5. The molecule has 0 N–H and O–H groups in total. The predicted octanol–water partition coefficient (Wildman–Crippen LogP) is 7.10. The van der Waals surface area contributed by atoms with Gasteiger partial charge in [-0.3, -0.25) is 0 Å². The van der Waals surface area contributed by atoms with Crippen LogP contribution in [0.5, 0.6) is 0 Å². The Kier molecular flexibility index (Phi) is 5.12. The SMILES string of the molecule is CCCc1ccc2cc(-c3ccc(CC)c(C(F)F)c3F)ccc2c1. The average Bonchev–Trinajstić information content (AvgIpc) is 2.61. The molecule has 3 aromatic rings. The van der Waals surface area contributed by atoms with Crippen LogP contribution in [0.1, 0.15) is 43.4 Å². The first kappa shape index (κ1) is 17.5. The molecule has 0 nitrogen and oxygen atoms in total. The lowest BCUT2D eigenvalue weighted by Gasteiger charge is -2.13. The van der Waals surface area contributed by atoms with Crippen molar-refractivity contribution < 1.29 is 13.2 Å². The minimum atomic E-state index is -2.81. The zero-order valence-electron chi connectivity index (χ0n) is 14.5. The van der Waals surface area contributed by atoms with Crippen molar-refractivity contribution in [3.8, 4) is 11.1 Å². The first-order valence-corrected chi connectivity index (χ1v) is 8.67. The molecule has 0 saturated heterocycles. The van der Waals surface area contributed by atoms with Crippen LogP contribution in [0.15, 0.2) is 48.5 Å². The van der Waals surface area contributed by atoms with Gasteiger partial charge in [0.1, 0.15) is 5.82 Å². The summed E-state index contributed by atoms with van der Waals surface area (Å²) in [6.07, 6.45) is -0.334. The minimum absolute atomic E-state index is 0.229. The lowest BCUT2D eigenvalue weighted by Crippen LogP contribution is -2.00. The molecule has 0 heterocycles. The van der Waals surface area contributed by atoms with Gasteiger partial charge >= 0.3 is 0 Å². The van der Waals surface area contributed by atoms with Gasteiger partial charge in [0.25, 0.3) is 6.43 Å². The molecule has 0 radical (unpaired) electrons. The highest BCUT2D eigenvalue weighted by Crippen LogP contribution is 2.34. The molecular weight excluding hydrogens is 321 g/mol. The molecule has 0 fully saturated rings. The minimum Gasteiger partial charge on any atom is -0.206 e. The number of rotatable bonds is 5. The normalized spacial score (nSPS) is 11.4. The van der Waals surface area contributed by atoms with Crippen LogP contribution < -0.4 is 0 Å². The van der Waals surface area contributed by atoms with Gasteiger partial charge in [-0.1, -0.05) is 62.7 Å². The molecule has 0 unspecified atom stereocenters. The second-order valence-corrected chi connectivity index (χ2v) is 6.30. The van der Waals surface area contributed by atoms with E-state index >= 15 is 0 Å². The van der Waals surface area contributed by atoms with Crippen LogP contribution in [0, 0.1) is 5.82 Å². The topological polar surface area (TPSA) is 0 Å². The van der Waals surface area contributed by atoms with Crippen molar-refractivity contribution in [1.29, 1.82) is 0 Å². The molecule has 0 atom stereocenters. The van der Waals surface area contributed by atoms with E-state index < -0.39 is 17.8 Å². The zero-order chi connectivity index (χ0) is 18.0. The molecule has 3 aromatic carbocycles. The van der Waals surface area contributed by atoms with Crippen molar-refractivity contribution >= 4 is 10.8 Å². The number of alkyl halides is 2. The molecule has 3 heteroatoms. The largest absolute Gasteiger partial charge is 0.266 e. The summed E-state index contributed by atoms with van der Waals surface area (Å²) in [5.74, 6) is -0.809. The Morgan fingerprint density at radius 1 is 0.880 bits per heavy atom. The summed E-state index contributed by atoms with van der Waals surface area (Å²) in [5, 5.41) is 2.06. The summed E-state index contributed by atoms with van der Waals surface area (Å²) in [4.78, 5) is 0. The number of hydrogen-bond donors (Lipinski definition) is 0. The second-order valence-electron chi connectivity index (χ2n) is 6.30. The second kappa shape index (κ2) is 7.30. The van der Waals surface area contributed by atoms with Gasteiger partial charge in [-0.05, 0) is 46.4 Å². The molecule has 130 valence electrons. The Morgan fingerprint density at radius 3 is 2.28 bits per heavy atom. The summed E-state index contributed by atoms with van der Waals surface area (Å²) < 4.78 is 41.3. The fourth-order valence-electron chi connectivity index (χ4n) is 3.31. The van der Waals surface area contributed by atoms with Crippen molar-refractivity contribution in [2.24, 2.45) is 0 Å². The summed E-state index contributed by atoms with van der Waals surface area (Å²) in [7, 11) is 0. The maximum absolute atomic E-state index is 14.7. The maximum Gasteiger partial charge on any atom is 0.266 e. The fraction of sp³-hybridized carbons (Fsp3) is 0.273. The maximum atomic E-state index is 14.7. The van der Waals surface area contributed by atoms with Crippen molar-refractivity contribution in [1.82, 2.24) is 0 Å².